The number of aromatic amines is 1. The number of hydrazone groups is 1. The van der Waals surface area contributed by atoms with Crippen LogP contribution in [0.2, 0.25) is 0 Å². The molecule has 4 rings (SSSR count). The van der Waals surface area contributed by atoms with Crippen LogP contribution in [0.15, 0.2) is 65.9 Å². The minimum absolute atomic E-state index is 0.216. The van der Waals surface area contributed by atoms with Gasteiger partial charge in [0, 0.05) is 22.5 Å². The molecule has 134 valence electrons. The van der Waals surface area contributed by atoms with Crippen LogP contribution >= 0.6 is 0 Å². The van der Waals surface area contributed by atoms with Gasteiger partial charge in [-0.1, -0.05) is 56.3 Å². The van der Waals surface area contributed by atoms with Crippen LogP contribution in [0.4, 0.5) is 0 Å². The van der Waals surface area contributed by atoms with Crippen LogP contribution in [0.25, 0.3) is 21.7 Å². The highest BCUT2D eigenvalue weighted by Gasteiger charge is 2.19. The number of carbonyl (C=O) groups is 1. The maximum absolute atomic E-state index is 12.7. The Hall–Kier alpha value is -3.47. The molecule has 1 amide bonds. The number of benzene rings is 2. The lowest BCUT2D eigenvalue weighted by molar-refractivity contribution is 0.0949. The van der Waals surface area contributed by atoms with E-state index in [1.165, 1.54) is 0 Å². The number of nitrogens with one attached hydrogen (secondary N) is 2. The van der Waals surface area contributed by atoms with Crippen molar-refractivity contribution < 1.29 is 4.79 Å². The van der Waals surface area contributed by atoms with Crippen molar-refractivity contribution in [1.29, 1.82) is 0 Å². The van der Waals surface area contributed by atoms with E-state index < -0.39 is 0 Å². The molecule has 0 saturated carbocycles. The molecule has 2 heterocycles. The minimum atomic E-state index is -0.257. The van der Waals surface area contributed by atoms with Gasteiger partial charge in [-0.05, 0) is 29.0 Å². The number of rotatable bonds is 4. The normalized spacial score (nSPS) is 11.7. The van der Waals surface area contributed by atoms with E-state index >= 15 is 0 Å². The summed E-state index contributed by atoms with van der Waals surface area (Å²) in [5.74, 6) is -0.0417. The molecule has 0 radical (unpaired) electrons. The van der Waals surface area contributed by atoms with Gasteiger partial charge in [-0.2, -0.15) is 5.10 Å². The topological polar surface area (TPSA) is 70.1 Å². The standard InChI is InChI=1S/C22H20N4O/c1-14(2)20-18-9-5-6-10-19(18)25-21(20)22(27)26-24-13-17-11-15-7-3-4-8-16(15)12-23-17/h3-14,25H,1-2H3,(H,26,27). The van der Waals surface area contributed by atoms with Crippen LogP contribution in [0.3, 0.4) is 0 Å². The van der Waals surface area contributed by atoms with Gasteiger partial charge in [-0.15, -0.1) is 0 Å². The quantitative estimate of drug-likeness (QED) is 0.414. The lowest BCUT2D eigenvalue weighted by atomic mass is 9.99. The summed E-state index contributed by atoms with van der Waals surface area (Å²) in [6.45, 7) is 4.16. The number of amides is 1. The SMILES string of the molecule is CC(C)c1c(C(=O)NN=Cc2cc3ccccc3cn2)[nH]c2ccccc12. The third-order valence-corrected chi connectivity index (χ3v) is 4.57. The van der Waals surface area contributed by atoms with Crippen LogP contribution in [0.5, 0.6) is 0 Å². The van der Waals surface area contributed by atoms with Crippen molar-refractivity contribution in [3.8, 4) is 0 Å². The van der Waals surface area contributed by atoms with Crippen molar-refractivity contribution in [2.75, 3.05) is 0 Å². The highest BCUT2D eigenvalue weighted by Crippen LogP contribution is 2.29. The Morgan fingerprint density at radius 3 is 2.67 bits per heavy atom. The lowest BCUT2D eigenvalue weighted by Gasteiger charge is -2.07. The summed E-state index contributed by atoms with van der Waals surface area (Å²) in [5, 5.41) is 7.31. The largest absolute Gasteiger partial charge is 0.350 e. The number of para-hydroxylation sites is 1. The third kappa shape index (κ3) is 3.31. The molecule has 27 heavy (non-hydrogen) atoms. The molecule has 0 unspecified atom stereocenters. The summed E-state index contributed by atoms with van der Waals surface area (Å²) in [4.78, 5) is 20.2. The summed E-state index contributed by atoms with van der Waals surface area (Å²) in [6, 6.07) is 17.9. The predicted molar refractivity (Wildman–Crippen MR) is 109 cm³/mol. The van der Waals surface area contributed by atoms with Gasteiger partial charge >= 0.3 is 0 Å². The first kappa shape index (κ1) is 17.0. The molecule has 5 heteroatoms. The first-order valence-corrected chi connectivity index (χ1v) is 8.92. The lowest BCUT2D eigenvalue weighted by Crippen LogP contribution is -2.20. The second-order valence-electron chi connectivity index (χ2n) is 6.77. The van der Waals surface area contributed by atoms with Crippen molar-refractivity contribution in [2.45, 2.75) is 19.8 Å². The van der Waals surface area contributed by atoms with Gasteiger partial charge in [-0.3, -0.25) is 9.78 Å². The number of carbonyl (C=O) groups excluding carboxylic acids is 1. The molecule has 5 nitrogen and oxygen atoms in total. The third-order valence-electron chi connectivity index (χ3n) is 4.57. The van der Waals surface area contributed by atoms with E-state index in [-0.39, 0.29) is 11.8 Å². The second-order valence-corrected chi connectivity index (χ2v) is 6.77. The number of nitrogens with zero attached hydrogens (tertiary/aromatic N) is 2. The average Bonchev–Trinajstić information content (AvgIpc) is 3.08. The summed E-state index contributed by atoms with van der Waals surface area (Å²) >= 11 is 0. The predicted octanol–water partition coefficient (Wildman–Crippen LogP) is 4.60. The van der Waals surface area contributed by atoms with Gasteiger partial charge in [0.25, 0.3) is 5.91 Å². The van der Waals surface area contributed by atoms with Crippen molar-refractivity contribution in [1.82, 2.24) is 15.4 Å². The Morgan fingerprint density at radius 2 is 1.85 bits per heavy atom. The fraction of sp³-hybridized carbons (Fsp3) is 0.136. The number of hydrogen-bond acceptors (Lipinski definition) is 3. The first-order chi connectivity index (χ1) is 13.1. The Labute approximate surface area is 157 Å². The molecule has 0 aliphatic heterocycles. The van der Waals surface area contributed by atoms with Crippen LogP contribution < -0.4 is 5.43 Å². The molecule has 0 aliphatic rings. The van der Waals surface area contributed by atoms with Gasteiger partial charge in [0.1, 0.15) is 5.69 Å². The number of pyridine rings is 1. The van der Waals surface area contributed by atoms with Crippen LogP contribution in [0, 0.1) is 0 Å². The molecule has 0 fully saturated rings. The minimum Gasteiger partial charge on any atom is -0.350 e. The molecule has 0 aliphatic carbocycles. The maximum atomic E-state index is 12.7. The molecule has 2 N–H and O–H groups in total. The van der Waals surface area contributed by atoms with E-state index in [1.54, 1.807) is 12.4 Å². The van der Waals surface area contributed by atoms with E-state index in [4.69, 9.17) is 0 Å². The molecular formula is C22H20N4O. The van der Waals surface area contributed by atoms with Gasteiger partial charge < -0.3 is 4.98 Å². The van der Waals surface area contributed by atoms with E-state index in [2.05, 4.69) is 34.3 Å². The van der Waals surface area contributed by atoms with Gasteiger partial charge in [0.15, 0.2) is 0 Å². The van der Waals surface area contributed by atoms with Crippen molar-refractivity contribution in [2.24, 2.45) is 5.10 Å². The first-order valence-electron chi connectivity index (χ1n) is 8.92. The van der Waals surface area contributed by atoms with E-state index in [1.807, 2.05) is 54.6 Å². The smallest absolute Gasteiger partial charge is 0.288 e. The van der Waals surface area contributed by atoms with E-state index in [0.29, 0.717) is 11.4 Å². The number of fused-ring (bicyclic) bond motifs is 2. The second kappa shape index (κ2) is 7.03. The zero-order valence-electron chi connectivity index (χ0n) is 15.2. The van der Waals surface area contributed by atoms with Gasteiger partial charge in [-0.25, -0.2) is 5.43 Å². The molecule has 0 spiro atoms. The molecule has 0 bridgehead atoms. The maximum Gasteiger partial charge on any atom is 0.288 e. The Balaban J connectivity index is 1.57. The molecule has 0 atom stereocenters. The Kier molecular flexibility index (Phi) is 4.42. The Morgan fingerprint density at radius 1 is 1.11 bits per heavy atom. The van der Waals surface area contributed by atoms with Crippen LogP contribution in [-0.2, 0) is 0 Å². The van der Waals surface area contributed by atoms with E-state index in [0.717, 1.165) is 27.2 Å². The Bertz CT molecular complexity index is 1160. The highest BCUT2D eigenvalue weighted by atomic mass is 16.2. The fourth-order valence-corrected chi connectivity index (χ4v) is 3.33. The average molecular weight is 356 g/mol. The number of H-pyrrole nitrogens is 1. The number of aromatic nitrogens is 2. The van der Waals surface area contributed by atoms with Crippen LogP contribution in [0.1, 0.15) is 41.5 Å². The molecular weight excluding hydrogens is 336 g/mol. The van der Waals surface area contributed by atoms with Gasteiger partial charge in [0.2, 0.25) is 0 Å². The fourth-order valence-electron chi connectivity index (χ4n) is 3.33. The zero-order chi connectivity index (χ0) is 18.8. The molecule has 2 aromatic carbocycles. The summed E-state index contributed by atoms with van der Waals surface area (Å²) in [5.41, 5.74) is 5.80. The zero-order valence-corrected chi connectivity index (χ0v) is 15.2. The summed E-state index contributed by atoms with van der Waals surface area (Å²) < 4.78 is 0. The molecule has 4 aromatic rings. The molecule has 0 saturated heterocycles. The van der Waals surface area contributed by atoms with Crippen LogP contribution in [-0.4, -0.2) is 22.1 Å². The molecule has 2 aromatic heterocycles. The van der Waals surface area contributed by atoms with Crippen molar-refractivity contribution in [3.05, 3.63) is 77.7 Å². The van der Waals surface area contributed by atoms with Crippen molar-refractivity contribution >= 4 is 33.8 Å². The van der Waals surface area contributed by atoms with E-state index in [9.17, 15) is 4.79 Å². The highest BCUT2D eigenvalue weighted by molar-refractivity contribution is 6.01. The number of hydrogen-bond donors (Lipinski definition) is 2. The van der Waals surface area contributed by atoms with Crippen molar-refractivity contribution in [3.63, 3.8) is 0 Å². The summed E-state index contributed by atoms with van der Waals surface area (Å²) in [7, 11) is 0. The summed E-state index contributed by atoms with van der Waals surface area (Å²) in [6.07, 6.45) is 3.36. The van der Waals surface area contributed by atoms with Gasteiger partial charge in [0.05, 0.1) is 11.9 Å². The monoisotopic (exact) mass is 356 g/mol.